The van der Waals surface area contributed by atoms with Gasteiger partial charge in [-0.15, -0.1) is 0 Å². The number of aromatic nitrogens is 1. The number of aromatic amines is 1. The van der Waals surface area contributed by atoms with Crippen LogP contribution in [0.2, 0.25) is 0 Å². The van der Waals surface area contributed by atoms with Crippen LogP contribution in [0, 0.1) is 17.0 Å². The molecule has 3 N–H and O–H groups in total. The zero-order valence-corrected chi connectivity index (χ0v) is 27.8. The molecule has 1 aromatic heterocycles. The van der Waals surface area contributed by atoms with Crippen molar-refractivity contribution in [3.8, 4) is 11.5 Å². The zero-order chi connectivity index (χ0) is 32.9. The van der Waals surface area contributed by atoms with Crippen molar-refractivity contribution in [2.24, 2.45) is 21.1 Å². The average Bonchev–Trinajstić information content (AvgIpc) is 3.50. The molecule has 2 bridgehead atoms. The molecule has 2 heterocycles. The number of aryl methyl sites for hydroxylation is 2. The molecule has 6 nitrogen and oxygen atoms in total. The Balaban J connectivity index is 1.61. The van der Waals surface area contributed by atoms with Gasteiger partial charge >= 0.3 is 0 Å². The summed E-state index contributed by atoms with van der Waals surface area (Å²) in [5.41, 5.74) is 9.51. The number of fused-ring (bicyclic) bond motifs is 5. The number of halogens is 2. The molecular weight excluding hydrogens is 602 g/mol. The number of nitrogens with one attached hydrogen (secondary N) is 1. The lowest BCUT2D eigenvalue weighted by Crippen LogP contribution is -2.34. The highest BCUT2D eigenvalue weighted by molar-refractivity contribution is 7.99. The van der Waals surface area contributed by atoms with Gasteiger partial charge in [0.15, 0.2) is 11.6 Å². The summed E-state index contributed by atoms with van der Waals surface area (Å²) in [7, 11) is 1.67. The predicted octanol–water partition coefficient (Wildman–Crippen LogP) is 8.55. The SMILES string of the molecule is CN=C1N=C(N)c2cc(ccc2F)Oc2c(F)cc3[nH]ccc3c2CCSCC(C)(C)CCCC1(C)c1cccc(CCC=O)c1. The molecule has 0 radical (unpaired) electrons. The minimum absolute atomic E-state index is 0.0416. The topological polar surface area (TPSA) is 92.8 Å². The van der Waals surface area contributed by atoms with E-state index in [9.17, 15) is 4.79 Å². The fourth-order valence-corrected chi connectivity index (χ4v) is 7.44. The summed E-state index contributed by atoms with van der Waals surface area (Å²) in [4.78, 5) is 23.5. The molecule has 0 aliphatic carbocycles. The molecule has 0 saturated carbocycles. The van der Waals surface area contributed by atoms with Gasteiger partial charge in [0.25, 0.3) is 0 Å². The second kappa shape index (κ2) is 14.2. The molecule has 5 rings (SSSR count). The lowest BCUT2D eigenvalue weighted by Gasteiger charge is -2.32. The number of carbonyl (C=O) groups excluding carboxylic acids is 1. The van der Waals surface area contributed by atoms with Crippen LogP contribution in [-0.4, -0.2) is 41.5 Å². The average molecular weight is 645 g/mol. The van der Waals surface area contributed by atoms with E-state index in [2.05, 4.69) is 42.9 Å². The van der Waals surface area contributed by atoms with Gasteiger partial charge in [0.1, 0.15) is 29.5 Å². The second-order valence-electron chi connectivity index (χ2n) is 13.0. The van der Waals surface area contributed by atoms with Crippen LogP contribution in [0.3, 0.4) is 0 Å². The number of aldehydes is 1. The molecule has 1 aliphatic rings. The van der Waals surface area contributed by atoms with Crippen LogP contribution < -0.4 is 10.5 Å². The van der Waals surface area contributed by atoms with E-state index in [1.54, 1.807) is 13.2 Å². The number of nitrogens with zero attached hydrogens (tertiary/aromatic N) is 2. The standard InChI is InChI=1S/C37H42F2N4O2S/c1-36(2)15-7-16-37(3,25-10-5-8-24(20-25)9-6-18-44)35(41-4)43-34(40)29-21-26(11-12-30(29)38)45-33-28(14-19-46-23-36)27-13-17-42-32(27)22-31(33)39/h5,8,10-13,17-18,20-22,42H,6-7,9,14-16,19,23H2,1-4H3,(H2,40,41,43). The Morgan fingerprint density at radius 2 is 1.91 bits per heavy atom. The second-order valence-corrected chi connectivity index (χ2v) is 14.1. The van der Waals surface area contributed by atoms with Crippen LogP contribution in [0.5, 0.6) is 11.5 Å². The Hall–Kier alpha value is -3.98. The van der Waals surface area contributed by atoms with Crippen molar-refractivity contribution in [3.05, 3.63) is 94.7 Å². The molecule has 0 fully saturated rings. The molecule has 0 saturated heterocycles. The van der Waals surface area contributed by atoms with E-state index in [1.165, 1.54) is 24.3 Å². The first-order valence-corrected chi connectivity index (χ1v) is 16.9. The minimum atomic E-state index is -0.639. The molecule has 1 unspecified atom stereocenters. The first kappa shape index (κ1) is 33.4. The van der Waals surface area contributed by atoms with Gasteiger partial charge < -0.3 is 20.2 Å². The van der Waals surface area contributed by atoms with Gasteiger partial charge in [-0.25, -0.2) is 13.8 Å². The third kappa shape index (κ3) is 7.35. The van der Waals surface area contributed by atoms with E-state index in [1.807, 2.05) is 30.0 Å². The van der Waals surface area contributed by atoms with Crippen LogP contribution in [0.4, 0.5) is 8.78 Å². The smallest absolute Gasteiger partial charge is 0.168 e. The maximum Gasteiger partial charge on any atom is 0.168 e. The van der Waals surface area contributed by atoms with E-state index in [4.69, 9.17) is 15.5 Å². The van der Waals surface area contributed by atoms with E-state index >= 15 is 8.78 Å². The van der Waals surface area contributed by atoms with Gasteiger partial charge in [-0.05, 0) is 84.9 Å². The Kier molecular flexibility index (Phi) is 10.3. The van der Waals surface area contributed by atoms with E-state index in [0.29, 0.717) is 30.6 Å². The maximum absolute atomic E-state index is 15.5. The Morgan fingerprint density at radius 3 is 2.70 bits per heavy atom. The molecule has 46 heavy (non-hydrogen) atoms. The molecule has 1 aliphatic heterocycles. The summed E-state index contributed by atoms with van der Waals surface area (Å²) >= 11 is 1.85. The maximum atomic E-state index is 15.5. The van der Waals surface area contributed by atoms with Crippen LogP contribution in [-0.2, 0) is 23.1 Å². The molecular formula is C37H42F2N4O2S. The number of aliphatic imine (C=N–C) groups is 2. The Labute approximate surface area is 273 Å². The van der Waals surface area contributed by atoms with Crippen LogP contribution in [0.15, 0.2) is 70.8 Å². The Morgan fingerprint density at radius 1 is 1.09 bits per heavy atom. The molecule has 242 valence electrons. The zero-order valence-electron chi connectivity index (χ0n) is 27.0. The van der Waals surface area contributed by atoms with Crippen molar-refractivity contribution in [2.45, 2.75) is 64.7 Å². The monoisotopic (exact) mass is 644 g/mol. The normalized spacial score (nSPS) is 20.3. The molecule has 4 aromatic rings. The number of rotatable bonds is 4. The van der Waals surface area contributed by atoms with E-state index in [0.717, 1.165) is 59.1 Å². The molecule has 0 spiro atoms. The summed E-state index contributed by atoms with van der Waals surface area (Å²) in [5, 5.41) is 0.896. The van der Waals surface area contributed by atoms with Gasteiger partial charge in [0.05, 0.1) is 11.0 Å². The number of amidine groups is 2. The van der Waals surface area contributed by atoms with Gasteiger partial charge in [-0.3, -0.25) is 4.99 Å². The summed E-state index contributed by atoms with van der Waals surface area (Å²) < 4.78 is 37.0. The fourth-order valence-electron chi connectivity index (χ4n) is 6.25. The number of hydrogen-bond donors (Lipinski definition) is 2. The van der Waals surface area contributed by atoms with Gasteiger partial charge in [0, 0.05) is 42.2 Å². The molecule has 9 heteroatoms. The van der Waals surface area contributed by atoms with Crippen molar-refractivity contribution in [3.63, 3.8) is 0 Å². The van der Waals surface area contributed by atoms with Crippen molar-refractivity contribution >= 4 is 40.6 Å². The van der Waals surface area contributed by atoms with Crippen LogP contribution in [0.25, 0.3) is 10.9 Å². The van der Waals surface area contributed by atoms with Crippen molar-refractivity contribution in [1.29, 1.82) is 0 Å². The summed E-state index contributed by atoms with van der Waals surface area (Å²) in [5.74, 6) is 1.46. The lowest BCUT2D eigenvalue weighted by atomic mass is 9.74. The molecule has 0 amide bonds. The number of H-pyrrole nitrogens is 1. The fraction of sp³-hybridized carbons (Fsp3) is 0.378. The first-order chi connectivity index (χ1) is 22.0. The highest BCUT2D eigenvalue weighted by Crippen LogP contribution is 2.39. The first-order valence-electron chi connectivity index (χ1n) is 15.7. The van der Waals surface area contributed by atoms with Crippen molar-refractivity contribution < 1.29 is 18.3 Å². The number of benzene rings is 3. The van der Waals surface area contributed by atoms with E-state index in [-0.39, 0.29) is 28.3 Å². The van der Waals surface area contributed by atoms with Crippen molar-refractivity contribution in [2.75, 3.05) is 18.6 Å². The highest BCUT2D eigenvalue weighted by atomic mass is 32.2. The third-order valence-electron chi connectivity index (χ3n) is 8.87. The van der Waals surface area contributed by atoms with E-state index < -0.39 is 17.0 Å². The van der Waals surface area contributed by atoms with Crippen LogP contribution >= 0.6 is 11.8 Å². The summed E-state index contributed by atoms with van der Waals surface area (Å²) in [6.07, 6.45) is 7.00. The Bertz CT molecular complexity index is 1780. The highest BCUT2D eigenvalue weighted by Gasteiger charge is 2.34. The van der Waals surface area contributed by atoms with Gasteiger partial charge in [-0.1, -0.05) is 44.5 Å². The van der Waals surface area contributed by atoms with Crippen molar-refractivity contribution in [1.82, 2.24) is 4.98 Å². The van der Waals surface area contributed by atoms with Gasteiger partial charge in [-0.2, -0.15) is 11.8 Å². The minimum Gasteiger partial charge on any atom is -0.454 e. The number of carbonyl (C=O) groups is 1. The number of thioether (sulfide) groups is 1. The summed E-state index contributed by atoms with van der Waals surface area (Å²) in [6, 6.07) is 15.7. The van der Waals surface area contributed by atoms with Crippen LogP contribution in [0.1, 0.15) is 68.7 Å². The largest absolute Gasteiger partial charge is 0.454 e. The number of hydrogen-bond acceptors (Lipinski definition) is 5. The number of ether oxygens (including phenoxy) is 1. The molecule has 1 atom stereocenters. The third-order valence-corrected chi connectivity index (χ3v) is 10.3. The predicted molar refractivity (Wildman–Crippen MR) is 186 cm³/mol. The lowest BCUT2D eigenvalue weighted by molar-refractivity contribution is -0.107. The number of nitrogens with two attached hydrogens (primary N) is 1. The quantitative estimate of drug-likeness (QED) is 0.218. The summed E-state index contributed by atoms with van der Waals surface area (Å²) in [6.45, 7) is 6.65. The van der Waals surface area contributed by atoms with Gasteiger partial charge in [0.2, 0.25) is 0 Å². The molecule has 3 aromatic carbocycles.